The van der Waals surface area contributed by atoms with Crippen molar-refractivity contribution in [3.63, 3.8) is 0 Å². The molecule has 2 rings (SSSR count). The highest BCUT2D eigenvalue weighted by Gasteiger charge is 2.10. The molecule has 76 valence electrons. The lowest BCUT2D eigenvalue weighted by molar-refractivity contribution is 0.349. The van der Waals surface area contributed by atoms with E-state index in [0.29, 0.717) is 6.04 Å². The molecule has 1 aromatic rings. The first-order valence-corrected chi connectivity index (χ1v) is 5.17. The fourth-order valence-electron chi connectivity index (χ4n) is 1.71. The minimum atomic E-state index is 0.315. The molecule has 1 aromatic carbocycles. The normalized spacial score (nSPS) is 19.2. The summed E-state index contributed by atoms with van der Waals surface area (Å²) in [6, 6.07) is 10.8. The maximum absolute atomic E-state index is 3.85. The zero-order valence-electron chi connectivity index (χ0n) is 8.71. The van der Waals surface area contributed by atoms with Crippen molar-refractivity contribution in [3.05, 3.63) is 73.0 Å². The molecule has 0 saturated carbocycles. The van der Waals surface area contributed by atoms with Crippen LogP contribution in [0.5, 0.6) is 0 Å². The van der Waals surface area contributed by atoms with Crippen molar-refractivity contribution in [3.8, 4) is 0 Å². The second-order valence-corrected chi connectivity index (χ2v) is 3.61. The first kappa shape index (κ1) is 9.78. The Kier molecular flexibility index (Phi) is 3.03. The minimum Gasteiger partial charge on any atom is -0.363 e. The highest BCUT2D eigenvalue weighted by Crippen LogP contribution is 2.13. The molecule has 0 saturated heterocycles. The van der Waals surface area contributed by atoms with Crippen LogP contribution in [0.3, 0.4) is 0 Å². The first-order valence-electron chi connectivity index (χ1n) is 5.17. The molecule has 0 amide bonds. The van der Waals surface area contributed by atoms with Gasteiger partial charge >= 0.3 is 0 Å². The van der Waals surface area contributed by atoms with Crippen molar-refractivity contribution in [1.29, 1.82) is 0 Å². The Morgan fingerprint density at radius 2 is 2.00 bits per heavy atom. The Hall–Kier alpha value is -1.76. The molecule has 0 fully saturated rings. The summed E-state index contributed by atoms with van der Waals surface area (Å²) in [5.41, 5.74) is 1.32. The molecule has 0 bridgehead atoms. The van der Waals surface area contributed by atoms with Gasteiger partial charge in [-0.25, -0.2) is 0 Å². The zero-order chi connectivity index (χ0) is 10.5. The van der Waals surface area contributed by atoms with Crippen LogP contribution in [0.15, 0.2) is 67.4 Å². The molecule has 0 radical (unpaired) electrons. The molecule has 0 aromatic heterocycles. The summed E-state index contributed by atoms with van der Waals surface area (Å²) in [7, 11) is 0. The highest BCUT2D eigenvalue weighted by atomic mass is 15.1. The van der Waals surface area contributed by atoms with Crippen molar-refractivity contribution in [2.75, 3.05) is 0 Å². The topological polar surface area (TPSA) is 3.24 Å². The van der Waals surface area contributed by atoms with E-state index in [1.54, 1.807) is 0 Å². The van der Waals surface area contributed by atoms with Gasteiger partial charge in [0, 0.05) is 12.7 Å². The van der Waals surface area contributed by atoms with E-state index in [1.165, 1.54) is 5.56 Å². The molecule has 1 aliphatic heterocycles. The molecule has 1 nitrogen and oxygen atoms in total. The molecular weight excluding hydrogens is 182 g/mol. The molecule has 0 spiro atoms. The van der Waals surface area contributed by atoms with E-state index in [9.17, 15) is 0 Å². The third kappa shape index (κ3) is 2.38. The van der Waals surface area contributed by atoms with Gasteiger partial charge in [0.05, 0.1) is 6.04 Å². The molecular formula is C14H15N. The smallest absolute Gasteiger partial charge is 0.0655 e. The maximum Gasteiger partial charge on any atom is 0.0655 e. The van der Waals surface area contributed by atoms with Gasteiger partial charge in [0.2, 0.25) is 0 Å². The zero-order valence-corrected chi connectivity index (χ0v) is 8.71. The first-order chi connectivity index (χ1) is 7.40. The van der Waals surface area contributed by atoms with Gasteiger partial charge in [-0.05, 0) is 11.6 Å². The highest BCUT2D eigenvalue weighted by molar-refractivity contribution is 5.21. The van der Waals surface area contributed by atoms with Gasteiger partial charge in [-0.1, -0.05) is 48.6 Å². The van der Waals surface area contributed by atoms with Crippen molar-refractivity contribution in [1.82, 2.24) is 4.90 Å². The van der Waals surface area contributed by atoms with Gasteiger partial charge in [0.1, 0.15) is 0 Å². The Balaban J connectivity index is 2.08. The standard InChI is InChI=1S/C14H15N/c1-2-14-10-6-7-11-15(14)12-13-8-4-3-5-9-13/h2-11,14H,1,12H2. The van der Waals surface area contributed by atoms with Crippen molar-refractivity contribution >= 4 is 0 Å². The van der Waals surface area contributed by atoms with Gasteiger partial charge in [-0.15, -0.1) is 6.58 Å². The van der Waals surface area contributed by atoms with Gasteiger partial charge in [0.15, 0.2) is 0 Å². The molecule has 0 N–H and O–H groups in total. The van der Waals surface area contributed by atoms with Crippen LogP contribution in [-0.2, 0) is 6.54 Å². The number of hydrogen-bond acceptors (Lipinski definition) is 1. The second kappa shape index (κ2) is 4.65. The number of hydrogen-bond donors (Lipinski definition) is 0. The number of benzene rings is 1. The Morgan fingerprint density at radius 1 is 1.20 bits per heavy atom. The summed E-state index contributed by atoms with van der Waals surface area (Å²) in [4.78, 5) is 2.27. The van der Waals surface area contributed by atoms with E-state index in [0.717, 1.165) is 6.54 Å². The van der Waals surface area contributed by atoms with Crippen LogP contribution in [0.4, 0.5) is 0 Å². The monoisotopic (exact) mass is 197 g/mol. The third-order valence-corrected chi connectivity index (χ3v) is 2.53. The van der Waals surface area contributed by atoms with Crippen LogP contribution < -0.4 is 0 Å². The van der Waals surface area contributed by atoms with Crippen LogP contribution in [0.25, 0.3) is 0 Å². The summed E-state index contributed by atoms with van der Waals surface area (Å²) < 4.78 is 0. The quantitative estimate of drug-likeness (QED) is 0.673. The lowest BCUT2D eigenvalue weighted by Gasteiger charge is -2.28. The average Bonchev–Trinajstić information content (AvgIpc) is 2.31. The van der Waals surface area contributed by atoms with E-state index < -0.39 is 0 Å². The molecule has 1 heterocycles. The largest absolute Gasteiger partial charge is 0.363 e. The van der Waals surface area contributed by atoms with Crippen LogP contribution in [0.1, 0.15) is 5.56 Å². The molecule has 1 aliphatic rings. The van der Waals surface area contributed by atoms with Crippen molar-refractivity contribution < 1.29 is 0 Å². The number of nitrogens with zero attached hydrogens (tertiary/aromatic N) is 1. The summed E-state index contributed by atoms with van der Waals surface area (Å²) in [6.45, 7) is 4.78. The Bertz CT molecular complexity index is 376. The van der Waals surface area contributed by atoms with Gasteiger partial charge in [0.25, 0.3) is 0 Å². The maximum atomic E-state index is 3.85. The summed E-state index contributed by atoms with van der Waals surface area (Å²) >= 11 is 0. The van der Waals surface area contributed by atoms with E-state index in [2.05, 4.69) is 60.2 Å². The van der Waals surface area contributed by atoms with Gasteiger partial charge in [-0.3, -0.25) is 0 Å². The second-order valence-electron chi connectivity index (χ2n) is 3.61. The molecule has 1 heteroatoms. The van der Waals surface area contributed by atoms with Gasteiger partial charge in [-0.2, -0.15) is 0 Å². The number of allylic oxidation sites excluding steroid dienone is 2. The minimum absolute atomic E-state index is 0.315. The summed E-state index contributed by atoms with van der Waals surface area (Å²) in [5, 5.41) is 0. The predicted molar refractivity (Wildman–Crippen MR) is 64.3 cm³/mol. The lowest BCUT2D eigenvalue weighted by atomic mass is 10.1. The fourth-order valence-corrected chi connectivity index (χ4v) is 1.71. The van der Waals surface area contributed by atoms with E-state index >= 15 is 0 Å². The van der Waals surface area contributed by atoms with E-state index in [-0.39, 0.29) is 0 Å². The summed E-state index contributed by atoms with van der Waals surface area (Å²) in [5.74, 6) is 0. The summed E-state index contributed by atoms with van der Waals surface area (Å²) in [6.07, 6.45) is 10.3. The molecule has 1 atom stereocenters. The van der Waals surface area contributed by atoms with Crippen LogP contribution in [-0.4, -0.2) is 10.9 Å². The molecule has 1 unspecified atom stereocenters. The fraction of sp³-hybridized carbons (Fsp3) is 0.143. The van der Waals surface area contributed by atoms with Crippen LogP contribution in [0, 0.1) is 0 Å². The molecule has 15 heavy (non-hydrogen) atoms. The van der Waals surface area contributed by atoms with E-state index in [1.807, 2.05) is 12.1 Å². The van der Waals surface area contributed by atoms with E-state index in [4.69, 9.17) is 0 Å². The van der Waals surface area contributed by atoms with Crippen LogP contribution >= 0.6 is 0 Å². The lowest BCUT2D eigenvalue weighted by Crippen LogP contribution is -2.28. The predicted octanol–water partition coefficient (Wildman–Crippen LogP) is 3.13. The van der Waals surface area contributed by atoms with Crippen LogP contribution in [0.2, 0.25) is 0 Å². The SMILES string of the molecule is C=CC1C=CC=CN1Cc1ccccc1. The molecule has 0 aliphatic carbocycles. The average molecular weight is 197 g/mol. The number of rotatable bonds is 3. The third-order valence-electron chi connectivity index (χ3n) is 2.53. The van der Waals surface area contributed by atoms with Gasteiger partial charge < -0.3 is 4.90 Å². The Labute approximate surface area is 91.0 Å². The van der Waals surface area contributed by atoms with Crippen molar-refractivity contribution in [2.45, 2.75) is 12.6 Å². The Morgan fingerprint density at radius 3 is 2.73 bits per heavy atom. The van der Waals surface area contributed by atoms with Crippen molar-refractivity contribution in [2.24, 2.45) is 0 Å².